The molecule has 1 aromatic heterocycles. The van der Waals surface area contributed by atoms with E-state index >= 15 is 0 Å². The number of hydrogen-bond acceptors (Lipinski definition) is 3. The second kappa shape index (κ2) is 6.36. The van der Waals surface area contributed by atoms with Crippen LogP contribution in [0.5, 0.6) is 0 Å². The molecule has 0 aliphatic heterocycles. The van der Waals surface area contributed by atoms with E-state index in [1.54, 1.807) is 18.7 Å². The number of aromatic nitrogens is 1. The van der Waals surface area contributed by atoms with Gasteiger partial charge < -0.3 is 0 Å². The smallest absolute Gasteiger partial charge is 0.159 e. The van der Waals surface area contributed by atoms with Crippen molar-refractivity contribution in [2.45, 2.75) is 18.2 Å². The maximum absolute atomic E-state index is 11.3. The van der Waals surface area contributed by atoms with Gasteiger partial charge in [0.15, 0.2) is 5.78 Å². The number of thioether (sulfide) groups is 1. The Bertz CT molecular complexity index is 525. The third kappa shape index (κ3) is 3.70. The number of pyridine rings is 1. The molecule has 2 nitrogen and oxygen atoms in total. The summed E-state index contributed by atoms with van der Waals surface area (Å²) < 4.78 is 0. The Hall–Kier alpha value is -1.61. The molecule has 2 aromatic rings. The molecule has 0 aliphatic carbocycles. The minimum Gasteiger partial charge on any atom is -0.295 e. The van der Waals surface area contributed by atoms with Crippen molar-refractivity contribution in [2.75, 3.05) is 5.75 Å². The summed E-state index contributed by atoms with van der Waals surface area (Å²) in [6.45, 7) is 1.59. The summed E-state index contributed by atoms with van der Waals surface area (Å²) in [7, 11) is 0. The predicted molar refractivity (Wildman–Crippen MR) is 75.1 cm³/mol. The molecule has 0 bridgehead atoms. The lowest BCUT2D eigenvalue weighted by Gasteiger charge is -2.03. The molecule has 0 spiro atoms. The first kappa shape index (κ1) is 12.8. The van der Waals surface area contributed by atoms with Crippen LogP contribution >= 0.6 is 11.8 Å². The van der Waals surface area contributed by atoms with E-state index in [1.165, 1.54) is 0 Å². The first-order valence-electron chi connectivity index (χ1n) is 5.89. The summed E-state index contributed by atoms with van der Waals surface area (Å²) >= 11 is 1.75. The zero-order valence-corrected chi connectivity index (χ0v) is 11.1. The molecule has 2 rings (SSSR count). The number of Topliss-reactive ketones (excluding diaryl/α,β-unsaturated/α-hetero) is 1. The number of carbonyl (C=O) groups is 1. The number of hydrogen-bond donors (Lipinski definition) is 0. The lowest BCUT2D eigenvalue weighted by Crippen LogP contribution is -1.93. The van der Waals surface area contributed by atoms with Crippen molar-refractivity contribution in [1.29, 1.82) is 0 Å². The van der Waals surface area contributed by atoms with Gasteiger partial charge in [0.25, 0.3) is 0 Å². The van der Waals surface area contributed by atoms with Crippen LogP contribution < -0.4 is 0 Å². The van der Waals surface area contributed by atoms with Crippen molar-refractivity contribution in [3.05, 3.63) is 59.9 Å². The fraction of sp³-hybridized carbons (Fsp3) is 0.200. The van der Waals surface area contributed by atoms with E-state index < -0.39 is 0 Å². The van der Waals surface area contributed by atoms with E-state index in [9.17, 15) is 4.79 Å². The Balaban J connectivity index is 1.90. The van der Waals surface area contributed by atoms with Crippen LogP contribution in [0.1, 0.15) is 23.0 Å². The zero-order valence-electron chi connectivity index (χ0n) is 10.3. The van der Waals surface area contributed by atoms with E-state index in [1.807, 2.05) is 48.7 Å². The van der Waals surface area contributed by atoms with Crippen LogP contribution in [0.2, 0.25) is 0 Å². The van der Waals surface area contributed by atoms with Gasteiger partial charge >= 0.3 is 0 Å². The molecule has 0 unspecified atom stereocenters. The lowest BCUT2D eigenvalue weighted by atomic mass is 10.2. The van der Waals surface area contributed by atoms with Gasteiger partial charge in [0, 0.05) is 28.1 Å². The molecule has 0 fully saturated rings. The highest BCUT2D eigenvalue weighted by Crippen LogP contribution is 2.20. The molecule has 1 heterocycles. The molecule has 18 heavy (non-hydrogen) atoms. The minimum absolute atomic E-state index is 0.113. The van der Waals surface area contributed by atoms with Crippen molar-refractivity contribution < 1.29 is 4.79 Å². The molecule has 1 aromatic carbocycles. The van der Waals surface area contributed by atoms with Gasteiger partial charge in [0.2, 0.25) is 0 Å². The van der Waals surface area contributed by atoms with Crippen LogP contribution in [0.15, 0.2) is 53.6 Å². The zero-order chi connectivity index (χ0) is 12.8. The van der Waals surface area contributed by atoms with Crippen LogP contribution in [0.25, 0.3) is 0 Å². The monoisotopic (exact) mass is 257 g/mol. The number of nitrogens with zero attached hydrogens (tertiary/aromatic N) is 1. The number of benzene rings is 1. The first-order valence-corrected chi connectivity index (χ1v) is 6.88. The number of rotatable bonds is 5. The highest BCUT2D eigenvalue weighted by atomic mass is 32.2. The molecule has 0 radical (unpaired) electrons. The Labute approximate surface area is 111 Å². The Morgan fingerprint density at radius 1 is 1.22 bits per heavy atom. The van der Waals surface area contributed by atoms with E-state index in [-0.39, 0.29) is 5.78 Å². The summed E-state index contributed by atoms with van der Waals surface area (Å²) in [5.74, 6) is 1.08. The average molecular weight is 257 g/mol. The molecule has 92 valence electrons. The van der Waals surface area contributed by atoms with Gasteiger partial charge in [0.1, 0.15) is 0 Å². The lowest BCUT2D eigenvalue weighted by molar-refractivity contribution is 0.101. The van der Waals surface area contributed by atoms with Crippen LogP contribution in [0, 0.1) is 0 Å². The predicted octanol–water partition coefficient (Wildman–Crippen LogP) is 3.62. The molecule has 0 saturated carbocycles. The summed E-state index contributed by atoms with van der Waals surface area (Å²) in [6.07, 6.45) is 2.76. The van der Waals surface area contributed by atoms with Gasteiger partial charge in [-0.1, -0.05) is 18.2 Å². The Morgan fingerprint density at radius 2 is 2.11 bits per heavy atom. The van der Waals surface area contributed by atoms with Gasteiger partial charge in [0.05, 0.1) is 0 Å². The molecular formula is C15H15NOS. The molecular weight excluding hydrogens is 242 g/mol. The van der Waals surface area contributed by atoms with Gasteiger partial charge in [-0.15, -0.1) is 11.8 Å². The number of carbonyl (C=O) groups excluding carboxylic acids is 1. The average Bonchev–Trinajstić information content (AvgIpc) is 2.40. The largest absolute Gasteiger partial charge is 0.295 e. The van der Waals surface area contributed by atoms with E-state index in [0.29, 0.717) is 0 Å². The summed E-state index contributed by atoms with van der Waals surface area (Å²) in [5, 5.41) is 0. The molecule has 0 atom stereocenters. The summed E-state index contributed by atoms with van der Waals surface area (Å²) in [4.78, 5) is 16.7. The van der Waals surface area contributed by atoms with E-state index in [0.717, 1.165) is 28.3 Å². The van der Waals surface area contributed by atoms with E-state index in [4.69, 9.17) is 0 Å². The fourth-order valence-corrected chi connectivity index (χ4v) is 2.56. The standard InChI is InChI=1S/C15H15NOS/c1-12(17)13-5-4-7-15(11-13)18-10-8-14-6-2-3-9-16-14/h2-7,9,11H,8,10H2,1H3. The van der Waals surface area contributed by atoms with Crippen molar-refractivity contribution >= 4 is 17.5 Å². The minimum atomic E-state index is 0.113. The Morgan fingerprint density at radius 3 is 2.83 bits per heavy atom. The molecule has 3 heteroatoms. The highest BCUT2D eigenvalue weighted by Gasteiger charge is 2.01. The first-order chi connectivity index (χ1) is 8.75. The topological polar surface area (TPSA) is 30.0 Å². The SMILES string of the molecule is CC(=O)c1cccc(SCCc2ccccn2)c1. The van der Waals surface area contributed by atoms with Crippen LogP contribution in [0.4, 0.5) is 0 Å². The van der Waals surface area contributed by atoms with Gasteiger partial charge in [-0.05, 0) is 37.6 Å². The van der Waals surface area contributed by atoms with Crippen LogP contribution in [-0.4, -0.2) is 16.5 Å². The highest BCUT2D eigenvalue weighted by molar-refractivity contribution is 7.99. The van der Waals surface area contributed by atoms with Crippen molar-refractivity contribution in [3.63, 3.8) is 0 Å². The third-order valence-corrected chi connectivity index (χ3v) is 3.59. The fourth-order valence-electron chi connectivity index (χ4n) is 1.62. The Kier molecular flexibility index (Phi) is 4.53. The third-order valence-electron chi connectivity index (χ3n) is 2.59. The second-order valence-corrected chi connectivity index (χ2v) is 5.17. The van der Waals surface area contributed by atoms with Crippen LogP contribution in [-0.2, 0) is 6.42 Å². The normalized spacial score (nSPS) is 10.3. The molecule has 0 N–H and O–H groups in total. The maximum atomic E-state index is 11.3. The summed E-state index contributed by atoms with van der Waals surface area (Å²) in [6, 6.07) is 13.7. The van der Waals surface area contributed by atoms with Gasteiger partial charge in [-0.2, -0.15) is 0 Å². The van der Waals surface area contributed by atoms with Crippen molar-refractivity contribution in [3.8, 4) is 0 Å². The van der Waals surface area contributed by atoms with Crippen LogP contribution in [0.3, 0.4) is 0 Å². The van der Waals surface area contributed by atoms with Crippen molar-refractivity contribution in [2.24, 2.45) is 0 Å². The molecule has 0 saturated heterocycles. The molecule has 0 amide bonds. The number of ketones is 1. The van der Waals surface area contributed by atoms with Crippen molar-refractivity contribution in [1.82, 2.24) is 4.98 Å². The quantitative estimate of drug-likeness (QED) is 0.605. The maximum Gasteiger partial charge on any atom is 0.159 e. The van der Waals surface area contributed by atoms with E-state index in [2.05, 4.69) is 4.98 Å². The summed E-state index contributed by atoms with van der Waals surface area (Å²) in [5.41, 5.74) is 1.88. The van der Waals surface area contributed by atoms with Gasteiger partial charge in [-0.3, -0.25) is 9.78 Å². The second-order valence-electron chi connectivity index (χ2n) is 4.00. The number of aryl methyl sites for hydroxylation is 1. The van der Waals surface area contributed by atoms with Gasteiger partial charge in [-0.25, -0.2) is 0 Å². The molecule has 0 aliphatic rings.